The van der Waals surface area contributed by atoms with E-state index in [0.29, 0.717) is 0 Å². The van der Waals surface area contributed by atoms with Crippen LogP contribution in [0.3, 0.4) is 0 Å². The average molecular weight is 239 g/mol. The number of aromatic nitrogens is 2. The summed E-state index contributed by atoms with van der Waals surface area (Å²) in [7, 11) is 0.974. The molecule has 0 aliphatic heterocycles. The first-order chi connectivity index (χ1) is 6.38. The molecule has 78 valence electrons. The second-order valence-corrected chi connectivity index (χ2v) is 4.95. The molecule has 1 aromatic heterocycles. The Bertz CT molecular complexity index is 464. The molecule has 0 aliphatic carbocycles. The number of aryl methyl sites for hydroxylation is 1. The van der Waals surface area contributed by atoms with E-state index in [1.807, 2.05) is 0 Å². The Hall–Kier alpha value is -1.08. The molecule has 0 radical (unpaired) electrons. The molecule has 14 heavy (non-hydrogen) atoms. The highest BCUT2D eigenvalue weighted by Crippen LogP contribution is 2.19. The number of carboxylic acid groups (broad SMARTS) is 1. The number of aromatic carboxylic acids is 1. The minimum atomic E-state index is -4.06. The fourth-order valence-corrected chi connectivity index (χ4v) is 1.94. The summed E-state index contributed by atoms with van der Waals surface area (Å²) in [5, 5.41) is 12.3. The van der Waals surface area contributed by atoms with E-state index in [0.717, 1.165) is 10.9 Å². The maximum Gasteiger partial charge on any atom is 0.355 e. The third-order valence-corrected chi connectivity index (χ3v) is 2.89. The molecule has 0 unspecified atom stereocenters. The molecule has 1 aromatic rings. The summed E-state index contributed by atoms with van der Waals surface area (Å²) in [6, 6.07) is 0. The lowest BCUT2D eigenvalue weighted by atomic mass is 10.4. The van der Waals surface area contributed by atoms with Crippen LogP contribution in [0.25, 0.3) is 0 Å². The van der Waals surface area contributed by atoms with Gasteiger partial charge in [0, 0.05) is 17.2 Å². The zero-order valence-electron chi connectivity index (χ0n) is 7.14. The molecule has 0 fully saturated rings. The molecule has 6 nitrogen and oxygen atoms in total. The average Bonchev–Trinajstić information content (AvgIpc) is 2.45. The molecule has 8 heteroatoms. The Kier molecular flexibility index (Phi) is 2.81. The van der Waals surface area contributed by atoms with Gasteiger partial charge in [-0.3, -0.25) is 4.68 Å². The molecule has 0 amide bonds. The highest BCUT2D eigenvalue weighted by Gasteiger charge is 2.25. The number of nitrogens with zero attached hydrogens (tertiary/aromatic N) is 2. The lowest BCUT2D eigenvalue weighted by molar-refractivity contribution is 0.0679. The predicted octanol–water partition coefficient (Wildman–Crippen LogP) is 0.529. The van der Waals surface area contributed by atoms with E-state index in [4.69, 9.17) is 15.8 Å². The SMILES string of the molecule is CCn1ncc(S(=O)(=O)Cl)c1C(=O)O. The van der Waals surface area contributed by atoms with Gasteiger partial charge in [0.05, 0.1) is 6.20 Å². The van der Waals surface area contributed by atoms with Crippen molar-refractivity contribution in [1.29, 1.82) is 0 Å². The van der Waals surface area contributed by atoms with Crippen molar-refractivity contribution in [2.45, 2.75) is 18.4 Å². The molecule has 1 heterocycles. The van der Waals surface area contributed by atoms with Gasteiger partial charge in [-0.2, -0.15) is 5.10 Å². The number of carboxylic acids is 1. The van der Waals surface area contributed by atoms with Crippen LogP contribution in [0, 0.1) is 0 Å². The predicted molar refractivity (Wildman–Crippen MR) is 47.9 cm³/mol. The summed E-state index contributed by atoms with van der Waals surface area (Å²) in [4.78, 5) is 10.2. The minimum Gasteiger partial charge on any atom is -0.476 e. The first-order valence-electron chi connectivity index (χ1n) is 3.61. The number of carbonyl (C=O) groups is 1. The van der Waals surface area contributed by atoms with Crippen molar-refractivity contribution in [2.75, 3.05) is 0 Å². The molecule has 0 saturated carbocycles. The normalized spacial score (nSPS) is 11.6. The van der Waals surface area contributed by atoms with Crippen LogP contribution in [-0.2, 0) is 15.6 Å². The van der Waals surface area contributed by atoms with E-state index >= 15 is 0 Å². The van der Waals surface area contributed by atoms with Crippen molar-refractivity contribution >= 4 is 25.7 Å². The molecule has 1 N–H and O–H groups in total. The maximum absolute atomic E-state index is 10.9. The molecule has 0 saturated heterocycles. The third-order valence-electron chi connectivity index (χ3n) is 1.57. The fourth-order valence-electron chi connectivity index (χ4n) is 1.00. The second-order valence-electron chi connectivity index (χ2n) is 2.42. The van der Waals surface area contributed by atoms with E-state index in [-0.39, 0.29) is 6.54 Å². The van der Waals surface area contributed by atoms with Crippen molar-refractivity contribution in [3.8, 4) is 0 Å². The van der Waals surface area contributed by atoms with Crippen LogP contribution in [0.1, 0.15) is 17.4 Å². The number of hydrogen-bond acceptors (Lipinski definition) is 4. The minimum absolute atomic E-state index is 0.258. The van der Waals surface area contributed by atoms with Gasteiger partial charge in [-0.05, 0) is 6.92 Å². The highest BCUT2D eigenvalue weighted by molar-refractivity contribution is 8.13. The lowest BCUT2D eigenvalue weighted by Gasteiger charge is -2.00. The molecule has 1 rings (SSSR count). The van der Waals surface area contributed by atoms with Crippen molar-refractivity contribution in [2.24, 2.45) is 0 Å². The maximum atomic E-state index is 10.9. The van der Waals surface area contributed by atoms with E-state index in [1.165, 1.54) is 0 Å². The van der Waals surface area contributed by atoms with E-state index in [9.17, 15) is 13.2 Å². The Morgan fingerprint density at radius 1 is 1.71 bits per heavy atom. The van der Waals surface area contributed by atoms with Gasteiger partial charge in [0.25, 0.3) is 9.05 Å². The zero-order valence-corrected chi connectivity index (χ0v) is 8.71. The van der Waals surface area contributed by atoms with Gasteiger partial charge in [0.15, 0.2) is 5.69 Å². The van der Waals surface area contributed by atoms with Crippen LogP contribution in [0.2, 0.25) is 0 Å². The Labute approximate surface area is 84.5 Å². The number of rotatable bonds is 3. The van der Waals surface area contributed by atoms with Crippen molar-refractivity contribution in [3.63, 3.8) is 0 Å². The van der Waals surface area contributed by atoms with Crippen molar-refractivity contribution < 1.29 is 18.3 Å². The molecule has 0 aliphatic rings. The summed E-state index contributed by atoms with van der Waals surface area (Å²) in [6.45, 7) is 1.90. The Morgan fingerprint density at radius 3 is 2.64 bits per heavy atom. The third kappa shape index (κ3) is 1.88. The van der Waals surface area contributed by atoms with Gasteiger partial charge in [-0.1, -0.05) is 0 Å². The van der Waals surface area contributed by atoms with Gasteiger partial charge in [-0.25, -0.2) is 13.2 Å². The largest absolute Gasteiger partial charge is 0.476 e. The first-order valence-corrected chi connectivity index (χ1v) is 5.92. The Balaban J connectivity index is 3.48. The molecule has 0 bridgehead atoms. The summed E-state index contributed by atoms with van der Waals surface area (Å²) < 4.78 is 22.9. The molecular weight excluding hydrogens is 232 g/mol. The first kappa shape index (κ1) is 11.0. The molecule has 0 atom stereocenters. The number of hydrogen-bond donors (Lipinski definition) is 1. The van der Waals surface area contributed by atoms with Gasteiger partial charge >= 0.3 is 5.97 Å². The standard InChI is InChI=1S/C6H7ClN2O4S/c1-2-9-5(6(10)11)4(3-8-9)14(7,12)13/h3H,2H2,1H3,(H,10,11). The van der Waals surface area contributed by atoms with Gasteiger partial charge < -0.3 is 5.11 Å². The second kappa shape index (κ2) is 3.58. The lowest BCUT2D eigenvalue weighted by Crippen LogP contribution is -2.11. The monoisotopic (exact) mass is 238 g/mol. The van der Waals surface area contributed by atoms with Crippen molar-refractivity contribution in [3.05, 3.63) is 11.9 Å². The molecular formula is C6H7ClN2O4S. The van der Waals surface area contributed by atoms with Gasteiger partial charge in [0.1, 0.15) is 4.90 Å². The summed E-state index contributed by atoms with van der Waals surface area (Å²) in [5.74, 6) is -1.37. The summed E-state index contributed by atoms with van der Waals surface area (Å²) in [5.41, 5.74) is -0.414. The molecule has 0 aromatic carbocycles. The van der Waals surface area contributed by atoms with Crippen LogP contribution < -0.4 is 0 Å². The fraction of sp³-hybridized carbons (Fsp3) is 0.333. The van der Waals surface area contributed by atoms with Crippen LogP contribution >= 0.6 is 10.7 Å². The van der Waals surface area contributed by atoms with Crippen molar-refractivity contribution in [1.82, 2.24) is 9.78 Å². The van der Waals surface area contributed by atoms with Crippen LogP contribution in [0.5, 0.6) is 0 Å². The summed E-state index contributed by atoms with van der Waals surface area (Å²) in [6.07, 6.45) is 0.926. The van der Waals surface area contributed by atoms with Crippen LogP contribution in [-0.4, -0.2) is 29.3 Å². The Morgan fingerprint density at radius 2 is 2.29 bits per heavy atom. The van der Waals surface area contributed by atoms with Crippen LogP contribution in [0.4, 0.5) is 0 Å². The molecule has 0 spiro atoms. The number of halogens is 1. The highest BCUT2D eigenvalue weighted by atomic mass is 35.7. The van der Waals surface area contributed by atoms with Gasteiger partial charge in [0.2, 0.25) is 0 Å². The van der Waals surface area contributed by atoms with E-state index in [1.54, 1.807) is 6.92 Å². The van der Waals surface area contributed by atoms with E-state index < -0.39 is 25.6 Å². The van der Waals surface area contributed by atoms with Gasteiger partial charge in [-0.15, -0.1) is 0 Å². The smallest absolute Gasteiger partial charge is 0.355 e. The summed E-state index contributed by atoms with van der Waals surface area (Å²) >= 11 is 0. The topological polar surface area (TPSA) is 89.3 Å². The quantitative estimate of drug-likeness (QED) is 0.776. The zero-order chi connectivity index (χ0) is 10.9. The van der Waals surface area contributed by atoms with Crippen LogP contribution in [0.15, 0.2) is 11.1 Å². The van der Waals surface area contributed by atoms with E-state index in [2.05, 4.69) is 5.10 Å².